The summed E-state index contributed by atoms with van der Waals surface area (Å²) >= 11 is 19.4. The first-order valence-corrected chi connectivity index (χ1v) is 17.2. The van der Waals surface area contributed by atoms with Gasteiger partial charge < -0.3 is 10.2 Å². The molecule has 0 saturated heterocycles. The van der Waals surface area contributed by atoms with Gasteiger partial charge >= 0.3 is 0 Å². The van der Waals surface area contributed by atoms with Gasteiger partial charge in [0, 0.05) is 39.6 Å². The molecule has 3 aromatic rings. The average Bonchev–Trinajstić information content (AvgIpc) is 2.97. The lowest BCUT2D eigenvalue weighted by Gasteiger charge is -2.35. The maximum absolute atomic E-state index is 14.3. The molecule has 1 fully saturated rings. The predicted octanol–water partition coefficient (Wildman–Crippen LogP) is 6.81. The number of amides is 2. The van der Waals surface area contributed by atoms with E-state index in [-0.39, 0.29) is 30.6 Å². The second-order valence-corrected chi connectivity index (χ2v) is 14.1. The van der Waals surface area contributed by atoms with Gasteiger partial charge in [0.15, 0.2) is 0 Å². The minimum absolute atomic E-state index is 0.00186. The van der Waals surface area contributed by atoms with E-state index in [9.17, 15) is 18.0 Å². The Hall–Kier alpha value is -2.78. The van der Waals surface area contributed by atoms with Crippen LogP contribution in [0.4, 0.5) is 5.69 Å². The van der Waals surface area contributed by atoms with Crippen molar-refractivity contribution in [2.45, 2.75) is 64.1 Å². The van der Waals surface area contributed by atoms with E-state index in [1.807, 2.05) is 30.3 Å². The van der Waals surface area contributed by atoms with Gasteiger partial charge in [0.25, 0.3) is 0 Å². The quantitative estimate of drug-likeness (QED) is 0.244. The number of rotatable bonds is 11. The van der Waals surface area contributed by atoms with Gasteiger partial charge in [-0.25, -0.2) is 8.42 Å². The Bertz CT molecular complexity index is 1530. The highest BCUT2D eigenvalue weighted by Crippen LogP contribution is 2.30. The summed E-state index contributed by atoms with van der Waals surface area (Å²) in [7, 11) is -3.93. The molecule has 0 aromatic heterocycles. The van der Waals surface area contributed by atoms with Crippen LogP contribution in [0.5, 0.6) is 0 Å². The van der Waals surface area contributed by atoms with Crippen LogP contribution >= 0.6 is 34.8 Å². The number of carbonyl (C=O) groups is 2. The van der Waals surface area contributed by atoms with Gasteiger partial charge in [-0.3, -0.25) is 13.9 Å². The fourth-order valence-electron chi connectivity index (χ4n) is 5.41. The molecule has 0 bridgehead atoms. The number of hydrogen-bond acceptors (Lipinski definition) is 4. The Kier molecular flexibility index (Phi) is 11.4. The van der Waals surface area contributed by atoms with Gasteiger partial charge in [-0.15, -0.1) is 0 Å². The minimum Gasteiger partial charge on any atom is -0.352 e. The van der Waals surface area contributed by atoms with Crippen molar-refractivity contribution in [2.24, 2.45) is 0 Å². The normalized spacial score (nSPS) is 14.6. The molecule has 3 aromatic carbocycles. The minimum atomic E-state index is -3.93. The molecule has 1 unspecified atom stereocenters. The number of nitrogens with zero attached hydrogens (tertiary/aromatic N) is 2. The number of benzene rings is 3. The first-order valence-electron chi connectivity index (χ1n) is 14.2. The van der Waals surface area contributed by atoms with Crippen LogP contribution < -0.4 is 9.62 Å². The molecule has 1 atom stereocenters. The number of halogens is 3. The molecular formula is C32H36Cl3N3O4S. The molecule has 7 nitrogen and oxygen atoms in total. The number of nitrogens with one attached hydrogen (secondary N) is 1. The third kappa shape index (κ3) is 8.66. The topological polar surface area (TPSA) is 86.8 Å². The molecule has 1 aliphatic rings. The number of hydrogen-bond donors (Lipinski definition) is 1. The van der Waals surface area contributed by atoms with Crippen LogP contribution in [0, 0.1) is 6.92 Å². The van der Waals surface area contributed by atoms with E-state index >= 15 is 0 Å². The molecule has 0 radical (unpaired) electrons. The highest BCUT2D eigenvalue weighted by molar-refractivity contribution is 7.92. The summed E-state index contributed by atoms with van der Waals surface area (Å²) in [5.74, 6) is -0.891. The number of anilines is 1. The zero-order chi connectivity index (χ0) is 31.1. The van der Waals surface area contributed by atoms with Crippen LogP contribution in [0.15, 0.2) is 66.7 Å². The summed E-state index contributed by atoms with van der Waals surface area (Å²) in [5.41, 5.74) is 2.11. The van der Waals surface area contributed by atoms with Gasteiger partial charge in [0.05, 0.1) is 11.9 Å². The first kappa shape index (κ1) is 33.1. The van der Waals surface area contributed by atoms with Crippen molar-refractivity contribution in [2.75, 3.05) is 17.1 Å². The van der Waals surface area contributed by atoms with E-state index in [1.54, 1.807) is 43.3 Å². The third-order valence-corrected chi connectivity index (χ3v) is 10.0. The third-order valence-electron chi connectivity index (χ3n) is 7.80. The van der Waals surface area contributed by atoms with Crippen molar-refractivity contribution in [1.82, 2.24) is 10.2 Å². The van der Waals surface area contributed by atoms with Gasteiger partial charge in [0.2, 0.25) is 21.8 Å². The summed E-state index contributed by atoms with van der Waals surface area (Å²) in [6.07, 6.45) is 6.14. The smallest absolute Gasteiger partial charge is 0.244 e. The average molecular weight is 665 g/mol. The Morgan fingerprint density at radius 1 is 0.884 bits per heavy atom. The molecule has 1 N–H and O–H groups in total. The molecule has 1 aliphatic carbocycles. The molecule has 1 saturated carbocycles. The second-order valence-electron chi connectivity index (χ2n) is 10.9. The van der Waals surface area contributed by atoms with Crippen LogP contribution in [-0.4, -0.2) is 50.0 Å². The van der Waals surface area contributed by atoms with Crippen LogP contribution in [0.2, 0.25) is 15.1 Å². The van der Waals surface area contributed by atoms with Crippen LogP contribution in [-0.2, 0) is 32.6 Å². The molecule has 4 rings (SSSR count). The molecule has 11 heteroatoms. The molecular weight excluding hydrogens is 629 g/mol. The zero-order valence-corrected chi connectivity index (χ0v) is 27.3. The fourth-order valence-corrected chi connectivity index (χ4v) is 7.00. The Labute approximate surface area is 269 Å². The predicted molar refractivity (Wildman–Crippen MR) is 174 cm³/mol. The first-order chi connectivity index (χ1) is 20.5. The summed E-state index contributed by atoms with van der Waals surface area (Å²) in [5, 5.41) is 4.21. The van der Waals surface area contributed by atoms with Crippen molar-refractivity contribution in [3.8, 4) is 0 Å². The van der Waals surface area contributed by atoms with Crippen LogP contribution in [0.3, 0.4) is 0 Å². The maximum Gasteiger partial charge on any atom is 0.244 e. The fraction of sp³-hybridized carbons (Fsp3) is 0.375. The van der Waals surface area contributed by atoms with E-state index < -0.39 is 28.5 Å². The Morgan fingerprint density at radius 3 is 2.12 bits per heavy atom. The highest BCUT2D eigenvalue weighted by atomic mass is 35.5. The summed E-state index contributed by atoms with van der Waals surface area (Å²) in [6.45, 7) is 1.04. The largest absolute Gasteiger partial charge is 0.352 e. The SMILES string of the molecule is Cc1c(Cl)cccc1N(CC(=O)N(Cc1c(Cl)cccc1Cl)C(Cc1ccccc1)C(=O)NC1CCCCC1)S(C)(=O)=O. The van der Waals surface area contributed by atoms with Gasteiger partial charge in [-0.05, 0) is 55.2 Å². The Balaban J connectivity index is 1.78. The standard InChI is InChI=1S/C32H36Cl3N3O4S/c1-22-26(33)15-10-18-29(22)38(43(2,41)42)21-31(39)37(20-25-27(34)16-9-17-28(25)35)30(19-23-11-5-3-6-12-23)32(40)36-24-13-7-4-8-14-24/h3,5-6,9-12,15-18,24,30H,4,7-8,13-14,19-21H2,1-2H3,(H,36,40). The summed E-state index contributed by atoms with van der Waals surface area (Å²) in [4.78, 5) is 29.8. The molecule has 230 valence electrons. The van der Waals surface area contributed by atoms with E-state index in [2.05, 4.69) is 5.32 Å². The lowest BCUT2D eigenvalue weighted by molar-refractivity contribution is -0.140. The Morgan fingerprint density at radius 2 is 1.49 bits per heavy atom. The van der Waals surface area contributed by atoms with Crippen molar-refractivity contribution >= 4 is 62.3 Å². The molecule has 0 aliphatic heterocycles. The maximum atomic E-state index is 14.3. The molecule has 2 amide bonds. The van der Waals surface area contributed by atoms with E-state index in [0.29, 0.717) is 26.2 Å². The zero-order valence-electron chi connectivity index (χ0n) is 24.2. The van der Waals surface area contributed by atoms with Gasteiger partial charge in [-0.2, -0.15) is 0 Å². The van der Waals surface area contributed by atoms with Crippen molar-refractivity contribution < 1.29 is 18.0 Å². The highest BCUT2D eigenvalue weighted by Gasteiger charge is 2.35. The van der Waals surface area contributed by atoms with Gasteiger partial charge in [0.1, 0.15) is 12.6 Å². The second kappa shape index (κ2) is 14.8. The van der Waals surface area contributed by atoms with Gasteiger partial charge in [-0.1, -0.05) is 96.5 Å². The van der Waals surface area contributed by atoms with Crippen molar-refractivity contribution in [3.05, 3.63) is 98.5 Å². The lowest BCUT2D eigenvalue weighted by atomic mass is 9.94. The molecule has 0 heterocycles. The van der Waals surface area contributed by atoms with Crippen molar-refractivity contribution in [3.63, 3.8) is 0 Å². The van der Waals surface area contributed by atoms with E-state index in [4.69, 9.17) is 34.8 Å². The molecule has 0 spiro atoms. The van der Waals surface area contributed by atoms with Crippen molar-refractivity contribution in [1.29, 1.82) is 0 Å². The van der Waals surface area contributed by atoms with E-state index in [0.717, 1.165) is 48.2 Å². The molecule has 43 heavy (non-hydrogen) atoms. The van der Waals surface area contributed by atoms with Crippen LogP contribution in [0.1, 0.15) is 48.8 Å². The monoisotopic (exact) mass is 663 g/mol. The lowest BCUT2D eigenvalue weighted by Crippen LogP contribution is -2.55. The number of carbonyl (C=O) groups excluding carboxylic acids is 2. The summed E-state index contributed by atoms with van der Waals surface area (Å²) in [6, 6.07) is 18.4. The van der Waals surface area contributed by atoms with E-state index in [1.165, 1.54) is 4.90 Å². The summed E-state index contributed by atoms with van der Waals surface area (Å²) < 4.78 is 27.2. The van der Waals surface area contributed by atoms with Crippen LogP contribution in [0.25, 0.3) is 0 Å². The number of sulfonamides is 1.